The van der Waals surface area contributed by atoms with Gasteiger partial charge in [0.05, 0.1) is 12.8 Å². The maximum Gasteiger partial charge on any atom is 0.142 e. The number of aromatic nitrogens is 1. The molecule has 0 aliphatic carbocycles. The zero-order valence-corrected chi connectivity index (χ0v) is 10.6. The summed E-state index contributed by atoms with van der Waals surface area (Å²) in [4.78, 5) is 6.62. The van der Waals surface area contributed by atoms with Gasteiger partial charge in [-0.2, -0.15) is 0 Å². The molecule has 1 N–H and O–H groups in total. The highest BCUT2D eigenvalue weighted by molar-refractivity contribution is 5.32. The molecular weight excluding hydrogens is 214 g/mol. The Kier molecular flexibility index (Phi) is 4.34. The van der Waals surface area contributed by atoms with E-state index in [1.165, 1.54) is 5.56 Å². The maximum absolute atomic E-state index is 5.64. The van der Waals surface area contributed by atoms with E-state index in [0.29, 0.717) is 12.6 Å². The van der Waals surface area contributed by atoms with Gasteiger partial charge in [-0.1, -0.05) is 0 Å². The van der Waals surface area contributed by atoms with Crippen molar-refractivity contribution < 1.29 is 4.74 Å². The van der Waals surface area contributed by atoms with Crippen LogP contribution in [0.5, 0.6) is 5.75 Å². The van der Waals surface area contributed by atoms with E-state index < -0.39 is 0 Å². The topological polar surface area (TPSA) is 37.4 Å². The number of piperazine rings is 1. The standard InChI is InChI=1S/C13H21N3O/c1-3-17-13-10-15-5-4-12(13)11(2)16-8-6-14-7-9-16/h4-5,10-11,14H,3,6-9H2,1-2H3. The van der Waals surface area contributed by atoms with Crippen LogP contribution in [0.4, 0.5) is 0 Å². The highest BCUT2D eigenvalue weighted by Crippen LogP contribution is 2.28. The first-order chi connectivity index (χ1) is 8.33. The molecule has 1 aromatic heterocycles. The van der Waals surface area contributed by atoms with E-state index in [1.54, 1.807) is 0 Å². The van der Waals surface area contributed by atoms with Crippen molar-refractivity contribution in [2.24, 2.45) is 0 Å². The van der Waals surface area contributed by atoms with Gasteiger partial charge < -0.3 is 10.1 Å². The predicted molar refractivity (Wildman–Crippen MR) is 68.3 cm³/mol. The minimum atomic E-state index is 0.390. The van der Waals surface area contributed by atoms with Gasteiger partial charge in [0.2, 0.25) is 0 Å². The summed E-state index contributed by atoms with van der Waals surface area (Å²) in [6.07, 6.45) is 3.66. The van der Waals surface area contributed by atoms with Gasteiger partial charge in [-0.3, -0.25) is 9.88 Å². The van der Waals surface area contributed by atoms with Gasteiger partial charge >= 0.3 is 0 Å². The molecule has 1 atom stereocenters. The van der Waals surface area contributed by atoms with Crippen LogP contribution in [-0.2, 0) is 0 Å². The fourth-order valence-electron chi connectivity index (χ4n) is 2.28. The number of rotatable bonds is 4. The van der Waals surface area contributed by atoms with E-state index in [-0.39, 0.29) is 0 Å². The smallest absolute Gasteiger partial charge is 0.142 e. The molecule has 0 spiro atoms. The Bertz CT molecular complexity index is 350. The Morgan fingerprint density at radius 1 is 1.47 bits per heavy atom. The van der Waals surface area contributed by atoms with Crippen molar-refractivity contribution in [2.45, 2.75) is 19.9 Å². The highest BCUT2D eigenvalue weighted by Gasteiger charge is 2.20. The molecule has 1 saturated heterocycles. The molecule has 1 fully saturated rings. The summed E-state index contributed by atoms with van der Waals surface area (Å²) in [7, 11) is 0. The minimum Gasteiger partial charge on any atom is -0.492 e. The fourth-order valence-corrected chi connectivity index (χ4v) is 2.28. The van der Waals surface area contributed by atoms with E-state index in [9.17, 15) is 0 Å². The highest BCUT2D eigenvalue weighted by atomic mass is 16.5. The first kappa shape index (κ1) is 12.3. The molecule has 4 heteroatoms. The lowest BCUT2D eigenvalue weighted by atomic mass is 10.1. The molecule has 0 saturated carbocycles. The van der Waals surface area contributed by atoms with Crippen LogP contribution in [0.15, 0.2) is 18.5 Å². The molecular formula is C13H21N3O. The quantitative estimate of drug-likeness (QED) is 0.857. The molecule has 4 nitrogen and oxygen atoms in total. The van der Waals surface area contributed by atoms with Gasteiger partial charge in [0.1, 0.15) is 5.75 Å². The van der Waals surface area contributed by atoms with Gasteiger partial charge in [0.25, 0.3) is 0 Å². The van der Waals surface area contributed by atoms with E-state index >= 15 is 0 Å². The van der Waals surface area contributed by atoms with Crippen molar-refractivity contribution >= 4 is 0 Å². The van der Waals surface area contributed by atoms with E-state index in [1.807, 2.05) is 19.3 Å². The average Bonchev–Trinajstić information content (AvgIpc) is 2.40. The van der Waals surface area contributed by atoms with Crippen molar-refractivity contribution in [2.75, 3.05) is 32.8 Å². The van der Waals surface area contributed by atoms with Crippen molar-refractivity contribution in [3.8, 4) is 5.75 Å². The van der Waals surface area contributed by atoms with Crippen LogP contribution >= 0.6 is 0 Å². The lowest BCUT2D eigenvalue weighted by Crippen LogP contribution is -2.44. The van der Waals surface area contributed by atoms with Crippen LogP contribution in [0.1, 0.15) is 25.5 Å². The number of nitrogens with one attached hydrogen (secondary N) is 1. The monoisotopic (exact) mass is 235 g/mol. The summed E-state index contributed by atoms with van der Waals surface area (Å²) in [5, 5.41) is 3.38. The van der Waals surface area contributed by atoms with E-state index in [4.69, 9.17) is 4.74 Å². The minimum absolute atomic E-state index is 0.390. The number of hydrogen-bond donors (Lipinski definition) is 1. The third-order valence-corrected chi connectivity index (χ3v) is 3.27. The zero-order chi connectivity index (χ0) is 12.1. The fraction of sp³-hybridized carbons (Fsp3) is 0.615. The summed E-state index contributed by atoms with van der Waals surface area (Å²) in [5.41, 5.74) is 1.24. The molecule has 2 rings (SSSR count). The van der Waals surface area contributed by atoms with Gasteiger partial charge in [-0.05, 0) is 19.9 Å². The van der Waals surface area contributed by atoms with Gasteiger partial charge in [0.15, 0.2) is 0 Å². The Balaban J connectivity index is 2.14. The molecule has 1 aromatic rings. The van der Waals surface area contributed by atoms with E-state index in [2.05, 4.69) is 28.2 Å². The summed E-state index contributed by atoms with van der Waals surface area (Å²) < 4.78 is 5.64. The second-order valence-electron chi connectivity index (χ2n) is 4.31. The molecule has 94 valence electrons. The van der Waals surface area contributed by atoms with Gasteiger partial charge in [-0.15, -0.1) is 0 Å². The van der Waals surface area contributed by atoms with E-state index in [0.717, 1.165) is 31.9 Å². The number of nitrogens with zero attached hydrogens (tertiary/aromatic N) is 2. The molecule has 1 unspecified atom stereocenters. The Morgan fingerprint density at radius 2 is 2.24 bits per heavy atom. The lowest BCUT2D eigenvalue weighted by Gasteiger charge is -2.33. The number of hydrogen-bond acceptors (Lipinski definition) is 4. The first-order valence-corrected chi connectivity index (χ1v) is 6.34. The molecule has 0 bridgehead atoms. The summed E-state index contributed by atoms with van der Waals surface area (Å²) in [6.45, 7) is 9.26. The second-order valence-corrected chi connectivity index (χ2v) is 4.31. The van der Waals surface area contributed by atoms with Crippen LogP contribution in [0.2, 0.25) is 0 Å². The van der Waals surface area contributed by atoms with Gasteiger partial charge in [-0.25, -0.2) is 0 Å². The third kappa shape index (κ3) is 2.96. The van der Waals surface area contributed by atoms with Crippen LogP contribution in [0.3, 0.4) is 0 Å². The Labute approximate surface area is 103 Å². The average molecular weight is 235 g/mol. The van der Waals surface area contributed by atoms with Crippen molar-refractivity contribution in [1.29, 1.82) is 0 Å². The number of pyridine rings is 1. The Hall–Kier alpha value is -1.13. The van der Waals surface area contributed by atoms with Gasteiger partial charge in [0, 0.05) is 44.0 Å². The zero-order valence-electron chi connectivity index (χ0n) is 10.6. The molecule has 2 heterocycles. The first-order valence-electron chi connectivity index (χ1n) is 6.34. The second kappa shape index (κ2) is 5.98. The predicted octanol–water partition coefficient (Wildman–Crippen LogP) is 1.45. The largest absolute Gasteiger partial charge is 0.492 e. The molecule has 17 heavy (non-hydrogen) atoms. The van der Waals surface area contributed by atoms with Crippen LogP contribution in [0.25, 0.3) is 0 Å². The molecule has 0 amide bonds. The van der Waals surface area contributed by atoms with Crippen LogP contribution < -0.4 is 10.1 Å². The van der Waals surface area contributed by atoms with Crippen molar-refractivity contribution in [1.82, 2.24) is 15.2 Å². The third-order valence-electron chi connectivity index (χ3n) is 3.27. The van der Waals surface area contributed by atoms with Crippen LogP contribution in [-0.4, -0.2) is 42.7 Å². The van der Waals surface area contributed by atoms with Crippen LogP contribution in [0, 0.1) is 0 Å². The molecule has 0 aromatic carbocycles. The molecule has 1 aliphatic rings. The SMILES string of the molecule is CCOc1cnccc1C(C)N1CCNCC1. The lowest BCUT2D eigenvalue weighted by molar-refractivity contribution is 0.181. The van der Waals surface area contributed by atoms with Crippen molar-refractivity contribution in [3.05, 3.63) is 24.0 Å². The summed E-state index contributed by atoms with van der Waals surface area (Å²) in [6, 6.07) is 2.46. The summed E-state index contributed by atoms with van der Waals surface area (Å²) >= 11 is 0. The normalized spacial score (nSPS) is 18.9. The molecule has 1 aliphatic heterocycles. The molecule has 0 radical (unpaired) electrons. The maximum atomic E-state index is 5.64. The Morgan fingerprint density at radius 3 is 2.94 bits per heavy atom. The number of ether oxygens (including phenoxy) is 1. The van der Waals surface area contributed by atoms with Crippen molar-refractivity contribution in [3.63, 3.8) is 0 Å². The summed E-state index contributed by atoms with van der Waals surface area (Å²) in [5.74, 6) is 0.918.